The van der Waals surface area contributed by atoms with Crippen LogP contribution in [0.25, 0.3) is 0 Å². The molecule has 1 unspecified atom stereocenters. The first kappa shape index (κ1) is 6.02. The van der Waals surface area contributed by atoms with Crippen molar-refractivity contribution in [2.45, 2.75) is 18.1 Å². The van der Waals surface area contributed by atoms with Gasteiger partial charge in [0.2, 0.25) is 0 Å². The first-order chi connectivity index (χ1) is 3.93. The number of nitrogens with two attached hydrogens (primary N) is 1. The van der Waals surface area contributed by atoms with E-state index < -0.39 is 0 Å². The van der Waals surface area contributed by atoms with Crippen LogP contribution in [0.15, 0.2) is 12.3 Å². The summed E-state index contributed by atoms with van der Waals surface area (Å²) in [4.78, 5) is 0. The Labute approximate surface area is 54.3 Å². The second kappa shape index (κ2) is 3.02. The fourth-order valence-electron chi connectivity index (χ4n) is 0.878. The summed E-state index contributed by atoms with van der Waals surface area (Å²) in [6.45, 7) is 0. The van der Waals surface area contributed by atoms with Gasteiger partial charge < -0.3 is 5.73 Å². The van der Waals surface area contributed by atoms with E-state index in [1.165, 1.54) is 18.6 Å². The number of hydrogen-bond donors (Lipinski definition) is 1. The van der Waals surface area contributed by atoms with E-state index in [0.29, 0.717) is 0 Å². The van der Waals surface area contributed by atoms with Crippen molar-refractivity contribution in [1.82, 2.24) is 0 Å². The van der Waals surface area contributed by atoms with E-state index in [4.69, 9.17) is 5.73 Å². The quantitative estimate of drug-likeness (QED) is 0.578. The van der Waals surface area contributed by atoms with Gasteiger partial charge in [-0.3, -0.25) is 0 Å². The zero-order valence-corrected chi connectivity index (χ0v) is 5.66. The first-order valence-corrected chi connectivity index (χ1v) is 3.98. The van der Waals surface area contributed by atoms with Crippen LogP contribution in [0.1, 0.15) is 12.8 Å². The highest BCUT2D eigenvalue weighted by Crippen LogP contribution is 2.26. The summed E-state index contributed by atoms with van der Waals surface area (Å²) in [5, 5.41) is 0.722. The normalized spacial score (nSPS) is 29.8. The number of hydrogen-bond acceptors (Lipinski definition) is 2. The molecule has 1 rings (SSSR count). The Bertz CT molecular complexity index is 84.5. The van der Waals surface area contributed by atoms with Crippen LogP contribution in [0.5, 0.6) is 0 Å². The molecule has 1 aliphatic heterocycles. The van der Waals surface area contributed by atoms with E-state index in [9.17, 15) is 0 Å². The van der Waals surface area contributed by atoms with Crippen LogP contribution in [-0.2, 0) is 0 Å². The zero-order valence-electron chi connectivity index (χ0n) is 4.84. The van der Waals surface area contributed by atoms with Gasteiger partial charge in [-0.15, -0.1) is 0 Å². The molecule has 2 N–H and O–H groups in total. The summed E-state index contributed by atoms with van der Waals surface area (Å²) < 4.78 is 0. The Morgan fingerprint density at radius 1 is 1.62 bits per heavy atom. The lowest BCUT2D eigenvalue weighted by Crippen LogP contribution is -1.90. The van der Waals surface area contributed by atoms with Crippen molar-refractivity contribution in [1.29, 1.82) is 0 Å². The summed E-state index contributed by atoms with van der Waals surface area (Å²) in [5.74, 6) is 1.31. The Morgan fingerprint density at radius 3 is 3.00 bits per heavy atom. The molecule has 1 saturated heterocycles. The van der Waals surface area contributed by atoms with E-state index in [2.05, 4.69) is 6.08 Å². The highest BCUT2D eigenvalue weighted by molar-refractivity contribution is 8.00. The third-order valence-corrected chi connectivity index (χ3v) is 2.64. The molecule has 0 radical (unpaired) electrons. The molecular weight excluding hydrogens is 118 g/mol. The molecule has 0 aromatic heterocycles. The maximum absolute atomic E-state index is 5.21. The van der Waals surface area contributed by atoms with Crippen LogP contribution in [0.3, 0.4) is 0 Å². The van der Waals surface area contributed by atoms with E-state index >= 15 is 0 Å². The van der Waals surface area contributed by atoms with E-state index in [0.717, 1.165) is 5.25 Å². The van der Waals surface area contributed by atoms with Crippen molar-refractivity contribution in [3.05, 3.63) is 12.3 Å². The van der Waals surface area contributed by atoms with Crippen molar-refractivity contribution in [3.63, 3.8) is 0 Å². The van der Waals surface area contributed by atoms with Gasteiger partial charge in [0.25, 0.3) is 0 Å². The molecule has 1 fully saturated rings. The monoisotopic (exact) mass is 129 g/mol. The van der Waals surface area contributed by atoms with Crippen molar-refractivity contribution in [3.8, 4) is 0 Å². The Morgan fingerprint density at radius 2 is 2.50 bits per heavy atom. The molecule has 46 valence electrons. The molecule has 1 nitrogen and oxygen atoms in total. The summed E-state index contributed by atoms with van der Waals surface area (Å²) in [7, 11) is 0. The van der Waals surface area contributed by atoms with Crippen molar-refractivity contribution >= 4 is 11.8 Å². The van der Waals surface area contributed by atoms with Gasteiger partial charge in [-0.1, -0.05) is 6.08 Å². The van der Waals surface area contributed by atoms with Crippen LogP contribution < -0.4 is 5.73 Å². The van der Waals surface area contributed by atoms with Crippen LogP contribution >= 0.6 is 11.8 Å². The zero-order chi connectivity index (χ0) is 5.82. The van der Waals surface area contributed by atoms with Crippen molar-refractivity contribution in [2.24, 2.45) is 5.73 Å². The Kier molecular flexibility index (Phi) is 2.27. The third-order valence-electron chi connectivity index (χ3n) is 1.29. The van der Waals surface area contributed by atoms with Gasteiger partial charge in [-0.05, 0) is 24.8 Å². The molecule has 0 aromatic rings. The fraction of sp³-hybridized carbons (Fsp3) is 0.667. The maximum Gasteiger partial charge on any atom is 0.0244 e. The van der Waals surface area contributed by atoms with E-state index in [1.807, 2.05) is 11.8 Å². The Hall–Kier alpha value is -0.110. The maximum atomic E-state index is 5.21. The SMILES string of the molecule is N/C=C/C1CCCS1. The summed E-state index contributed by atoms with van der Waals surface area (Å²) >= 11 is 2.00. The molecule has 1 atom stereocenters. The molecule has 0 amide bonds. The molecule has 0 aromatic carbocycles. The van der Waals surface area contributed by atoms with Gasteiger partial charge in [-0.25, -0.2) is 0 Å². The van der Waals surface area contributed by atoms with Crippen LogP contribution in [0, 0.1) is 0 Å². The lowest BCUT2D eigenvalue weighted by atomic mass is 10.2. The van der Waals surface area contributed by atoms with Gasteiger partial charge in [-0.2, -0.15) is 11.8 Å². The van der Waals surface area contributed by atoms with E-state index in [-0.39, 0.29) is 0 Å². The van der Waals surface area contributed by atoms with Gasteiger partial charge in [0.15, 0.2) is 0 Å². The molecule has 2 heteroatoms. The smallest absolute Gasteiger partial charge is 0.0244 e. The molecular formula is C6H11NS. The lowest BCUT2D eigenvalue weighted by Gasteiger charge is -1.95. The molecule has 8 heavy (non-hydrogen) atoms. The van der Waals surface area contributed by atoms with Crippen molar-refractivity contribution in [2.75, 3.05) is 5.75 Å². The molecule has 0 aliphatic carbocycles. The van der Waals surface area contributed by atoms with Gasteiger partial charge in [0.1, 0.15) is 0 Å². The summed E-state index contributed by atoms with van der Waals surface area (Å²) in [6, 6.07) is 0. The lowest BCUT2D eigenvalue weighted by molar-refractivity contribution is 0.880. The molecule has 0 saturated carbocycles. The van der Waals surface area contributed by atoms with Crippen molar-refractivity contribution < 1.29 is 0 Å². The average molecular weight is 129 g/mol. The number of thioether (sulfide) groups is 1. The minimum Gasteiger partial charge on any atom is -0.405 e. The van der Waals surface area contributed by atoms with Gasteiger partial charge >= 0.3 is 0 Å². The number of rotatable bonds is 1. The van der Waals surface area contributed by atoms with Crippen LogP contribution in [0.2, 0.25) is 0 Å². The van der Waals surface area contributed by atoms with Gasteiger partial charge in [0, 0.05) is 5.25 Å². The Balaban J connectivity index is 2.24. The standard InChI is InChI=1S/C6H11NS/c7-4-3-6-2-1-5-8-6/h3-4,6H,1-2,5,7H2/b4-3+. The predicted octanol–water partition coefficient (Wildman–Crippen LogP) is 1.35. The van der Waals surface area contributed by atoms with Crippen LogP contribution in [-0.4, -0.2) is 11.0 Å². The first-order valence-electron chi connectivity index (χ1n) is 2.93. The molecule has 1 heterocycles. The van der Waals surface area contributed by atoms with Crippen LogP contribution in [0.4, 0.5) is 0 Å². The topological polar surface area (TPSA) is 26.0 Å². The largest absolute Gasteiger partial charge is 0.405 e. The predicted molar refractivity (Wildman–Crippen MR) is 38.8 cm³/mol. The summed E-state index contributed by atoms with van der Waals surface area (Å²) in [6.07, 6.45) is 6.42. The third kappa shape index (κ3) is 1.44. The summed E-state index contributed by atoms with van der Waals surface area (Å²) in [5.41, 5.74) is 5.21. The molecule has 1 aliphatic rings. The highest BCUT2D eigenvalue weighted by atomic mass is 32.2. The minimum atomic E-state index is 0.722. The fourth-order valence-corrected chi connectivity index (χ4v) is 2.05. The molecule has 0 spiro atoms. The van der Waals surface area contributed by atoms with E-state index in [1.54, 1.807) is 6.20 Å². The average Bonchev–Trinajstić information content (AvgIpc) is 2.19. The minimum absolute atomic E-state index is 0.722. The highest BCUT2D eigenvalue weighted by Gasteiger charge is 2.10. The molecule has 0 bridgehead atoms. The van der Waals surface area contributed by atoms with Gasteiger partial charge in [0.05, 0.1) is 0 Å². The second-order valence-electron chi connectivity index (χ2n) is 1.94. The second-order valence-corrected chi connectivity index (χ2v) is 3.28.